The van der Waals surface area contributed by atoms with Crippen LogP contribution in [0.4, 0.5) is 0 Å². The van der Waals surface area contributed by atoms with Crippen molar-refractivity contribution in [1.82, 2.24) is 15.1 Å². The molecule has 3 heterocycles. The Labute approximate surface area is 162 Å². The van der Waals surface area contributed by atoms with Crippen molar-refractivity contribution < 1.29 is 9.59 Å². The number of amides is 2. The minimum Gasteiger partial charge on any atom is -0.355 e. The minimum atomic E-state index is 0.124. The molecule has 3 saturated heterocycles. The molecule has 0 spiro atoms. The third-order valence-electron chi connectivity index (χ3n) is 6.48. The van der Waals surface area contributed by atoms with Crippen LogP contribution in [-0.2, 0) is 16.0 Å². The van der Waals surface area contributed by atoms with E-state index in [-0.39, 0.29) is 5.91 Å². The Hall–Kier alpha value is -1.88. The molecule has 0 aromatic heterocycles. The summed E-state index contributed by atoms with van der Waals surface area (Å²) in [4.78, 5) is 29.1. The molecule has 3 aliphatic rings. The van der Waals surface area contributed by atoms with Crippen molar-refractivity contribution in [3.8, 4) is 0 Å². The molecular weight excluding hydrogens is 338 g/mol. The number of likely N-dealkylation sites (tertiary alicyclic amines) is 1. The van der Waals surface area contributed by atoms with Gasteiger partial charge in [0.15, 0.2) is 0 Å². The zero-order valence-electron chi connectivity index (χ0n) is 16.3. The molecule has 5 heteroatoms. The maximum absolute atomic E-state index is 12.4. The van der Waals surface area contributed by atoms with Crippen LogP contribution < -0.4 is 5.32 Å². The number of aryl methyl sites for hydroxylation is 1. The Kier molecular flexibility index (Phi) is 5.48. The summed E-state index contributed by atoms with van der Waals surface area (Å²) in [6.07, 6.45) is 4.99. The number of carbonyl (C=O) groups excluding carboxylic acids is 2. The van der Waals surface area contributed by atoms with Crippen molar-refractivity contribution in [3.05, 3.63) is 35.4 Å². The highest BCUT2D eigenvalue weighted by atomic mass is 16.2. The summed E-state index contributed by atoms with van der Waals surface area (Å²) in [5.74, 6) is 1.55. The number of hydrogen-bond acceptors (Lipinski definition) is 3. The van der Waals surface area contributed by atoms with E-state index in [4.69, 9.17) is 0 Å². The molecular formula is C22H31N3O2. The predicted molar refractivity (Wildman–Crippen MR) is 105 cm³/mol. The number of nitrogens with one attached hydrogen (secondary N) is 1. The Morgan fingerprint density at radius 2 is 2.00 bits per heavy atom. The summed E-state index contributed by atoms with van der Waals surface area (Å²) in [7, 11) is 0. The van der Waals surface area contributed by atoms with Gasteiger partial charge >= 0.3 is 0 Å². The lowest BCUT2D eigenvalue weighted by Crippen LogP contribution is -2.61. The van der Waals surface area contributed by atoms with Crippen LogP contribution in [0.25, 0.3) is 0 Å². The van der Waals surface area contributed by atoms with E-state index in [2.05, 4.69) is 46.3 Å². The van der Waals surface area contributed by atoms with Crippen LogP contribution in [0.5, 0.6) is 0 Å². The summed E-state index contributed by atoms with van der Waals surface area (Å²) >= 11 is 0. The van der Waals surface area contributed by atoms with Crippen molar-refractivity contribution in [3.63, 3.8) is 0 Å². The second kappa shape index (κ2) is 8.01. The van der Waals surface area contributed by atoms with Gasteiger partial charge in [0.1, 0.15) is 0 Å². The number of carbonyl (C=O) groups is 2. The average molecular weight is 370 g/mol. The monoisotopic (exact) mass is 369 g/mol. The van der Waals surface area contributed by atoms with Crippen LogP contribution in [0.15, 0.2) is 24.3 Å². The van der Waals surface area contributed by atoms with E-state index in [1.54, 1.807) is 0 Å². The van der Waals surface area contributed by atoms with Gasteiger partial charge in [0.25, 0.3) is 0 Å². The zero-order chi connectivity index (χ0) is 18.8. The average Bonchev–Trinajstić information content (AvgIpc) is 2.64. The molecule has 0 radical (unpaired) electrons. The van der Waals surface area contributed by atoms with E-state index in [1.807, 2.05) is 0 Å². The van der Waals surface area contributed by atoms with E-state index in [0.717, 1.165) is 45.3 Å². The molecule has 3 fully saturated rings. The molecule has 27 heavy (non-hydrogen) atoms. The highest BCUT2D eigenvalue weighted by Crippen LogP contribution is 2.37. The topological polar surface area (TPSA) is 52.7 Å². The highest BCUT2D eigenvalue weighted by Gasteiger charge is 2.43. The summed E-state index contributed by atoms with van der Waals surface area (Å²) in [6.45, 7) is 6.05. The number of hydrogen-bond donors (Lipinski definition) is 1. The molecule has 3 aliphatic heterocycles. The van der Waals surface area contributed by atoms with Crippen LogP contribution in [-0.4, -0.2) is 60.4 Å². The second-order valence-electron chi connectivity index (χ2n) is 8.65. The lowest BCUT2D eigenvalue weighted by atomic mass is 9.76. The predicted octanol–water partition coefficient (Wildman–Crippen LogP) is 1.99. The normalized spacial score (nSPS) is 28.0. The van der Waals surface area contributed by atoms with E-state index in [1.165, 1.54) is 17.5 Å². The molecule has 2 bridgehead atoms. The number of fused-ring (bicyclic) bond motifs is 4. The van der Waals surface area contributed by atoms with Gasteiger partial charge in [0, 0.05) is 38.6 Å². The van der Waals surface area contributed by atoms with Crippen molar-refractivity contribution in [2.45, 2.75) is 45.1 Å². The number of nitrogens with zero attached hydrogens (tertiary/aromatic N) is 2. The molecule has 1 aromatic rings. The molecule has 3 atom stereocenters. The Bertz CT molecular complexity index is 687. The first-order chi connectivity index (χ1) is 13.1. The fraction of sp³-hybridized carbons (Fsp3) is 0.636. The lowest BCUT2D eigenvalue weighted by Gasteiger charge is -2.52. The van der Waals surface area contributed by atoms with Gasteiger partial charge in [-0.2, -0.15) is 0 Å². The molecule has 0 saturated carbocycles. The first-order valence-electron chi connectivity index (χ1n) is 10.4. The van der Waals surface area contributed by atoms with E-state index < -0.39 is 0 Å². The van der Waals surface area contributed by atoms with Crippen LogP contribution in [0.1, 0.15) is 36.8 Å². The van der Waals surface area contributed by atoms with Crippen molar-refractivity contribution >= 4 is 11.8 Å². The van der Waals surface area contributed by atoms with Gasteiger partial charge in [-0.1, -0.05) is 29.8 Å². The number of rotatable bonds is 5. The molecule has 5 nitrogen and oxygen atoms in total. The van der Waals surface area contributed by atoms with Crippen LogP contribution >= 0.6 is 0 Å². The Morgan fingerprint density at radius 3 is 2.81 bits per heavy atom. The number of benzene rings is 1. The maximum Gasteiger partial charge on any atom is 0.234 e. The molecule has 1 N–H and O–H groups in total. The van der Waals surface area contributed by atoms with E-state index in [0.29, 0.717) is 36.9 Å². The summed E-state index contributed by atoms with van der Waals surface area (Å²) < 4.78 is 0. The SMILES string of the molecule is Cc1ccc(CCNC(=O)CN2CC3CC(C2)[C@H]2CCCC(=O)N2C3)cc1. The summed E-state index contributed by atoms with van der Waals surface area (Å²) in [5.41, 5.74) is 2.52. The quantitative estimate of drug-likeness (QED) is 0.864. The third kappa shape index (κ3) is 4.34. The highest BCUT2D eigenvalue weighted by molar-refractivity contribution is 5.78. The Balaban J connectivity index is 1.25. The van der Waals surface area contributed by atoms with Gasteiger partial charge in [0.05, 0.1) is 6.54 Å². The molecule has 2 amide bonds. The molecule has 4 rings (SSSR count). The van der Waals surface area contributed by atoms with Crippen LogP contribution in [0.2, 0.25) is 0 Å². The fourth-order valence-electron chi connectivity index (χ4n) is 5.20. The van der Waals surface area contributed by atoms with Crippen molar-refractivity contribution in [1.29, 1.82) is 0 Å². The van der Waals surface area contributed by atoms with Crippen LogP contribution in [0, 0.1) is 18.8 Å². The van der Waals surface area contributed by atoms with Crippen molar-refractivity contribution in [2.24, 2.45) is 11.8 Å². The second-order valence-corrected chi connectivity index (χ2v) is 8.65. The van der Waals surface area contributed by atoms with Gasteiger partial charge in [0.2, 0.25) is 11.8 Å². The third-order valence-corrected chi connectivity index (χ3v) is 6.48. The van der Waals surface area contributed by atoms with Gasteiger partial charge in [-0.3, -0.25) is 14.5 Å². The zero-order valence-corrected chi connectivity index (χ0v) is 16.3. The first kappa shape index (κ1) is 18.5. The van der Waals surface area contributed by atoms with Crippen LogP contribution in [0.3, 0.4) is 0 Å². The van der Waals surface area contributed by atoms with Gasteiger partial charge in [-0.05, 0) is 50.0 Å². The lowest BCUT2D eigenvalue weighted by molar-refractivity contribution is -0.145. The molecule has 0 aliphatic carbocycles. The van der Waals surface area contributed by atoms with Gasteiger partial charge in [-0.15, -0.1) is 0 Å². The largest absolute Gasteiger partial charge is 0.355 e. The molecule has 2 unspecified atom stereocenters. The minimum absolute atomic E-state index is 0.124. The fourth-order valence-corrected chi connectivity index (χ4v) is 5.20. The van der Waals surface area contributed by atoms with E-state index >= 15 is 0 Å². The van der Waals surface area contributed by atoms with Crippen molar-refractivity contribution in [2.75, 3.05) is 32.7 Å². The van der Waals surface area contributed by atoms with Gasteiger partial charge in [-0.25, -0.2) is 0 Å². The molecule has 1 aromatic carbocycles. The summed E-state index contributed by atoms with van der Waals surface area (Å²) in [5, 5.41) is 3.08. The maximum atomic E-state index is 12.4. The Morgan fingerprint density at radius 1 is 1.19 bits per heavy atom. The first-order valence-corrected chi connectivity index (χ1v) is 10.4. The summed E-state index contributed by atoms with van der Waals surface area (Å²) in [6, 6.07) is 8.90. The molecule has 146 valence electrons. The van der Waals surface area contributed by atoms with Gasteiger partial charge < -0.3 is 10.2 Å². The smallest absolute Gasteiger partial charge is 0.234 e. The standard InChI is InChI=1S/C22H31N3O2/c1-16-5-7-17(8-6-16)9-10-23-21(26)15-24-12-18-11-19(14-24)20-3-2-4-22(27)25(20)13-18/h5-8,18-20H,2-4,9-15H2,1H3,(H,23,26)/t18?,19?,20-/m1/s1. The van der Waals surface area contributed by atoms with E-state index in [9.17, 15) is 9.59 Å². The number of piperidine rings is 3.